The van der Waals surface area contributed by atoms with Gasteiger partial charge < -0.3 is 14.2 Å². The Morgan fingerprint density at radius 1 is 0.912 bits per heavy atom. The summed E-state index contributed by atoms with van der Waals surface area (Å²) in [5, 5.41) is 8.93. The topological polar surface area (TPSA) is 96.6 Å². The van der Waals surface area contributed by atoms with Gasteiger partial charge in [0, 0.05) is 24.9 Å². The molecule has 0 radical (unpaired) electrons. The van der Waals surface area contributed by atoms with Gasteiger partial charge in [0.2, 0.25) is 0 Å². The molecule has 0 spiro atoms. The van der Waals surface area contributed by atoms with Crippen LogP contribution in [0.3, 0.4) is 0 Å². The first-order valence-corrected chi connectivity index (χ1v) is 11.9. The number of ketones is 1. The van der Waals surface area contributed by atoms with E-state index in [1.165, 1.54) is 12.3 Å². The van der Waals surface area contributed by atoms with Crippen molar-refractivity contribution in [1.29, 1.82) is 0 Å². The Labute approximate surface area is 199 Å². The van der Waals surface area contributed by atoms with Crippen molar-refractivity contribution in [2.45, 2.75) is 24.2 Å². The van der Waals surface area contributed by atoms with Gasteiger partial charge in [-0.3, -0.25) is 4.79 Å². The molecule has 6 nitrogen and oxygen atoms in total. The fourth-order valence-electron chi connectivity index (χ4n) is 3.54. The molecule has 172 valence electrons. The standard InChI is InChI=1S/C27H23NO5S/c29-23(14-15-24-17-21(18-33-24)27(30)31)16-19-10-12-22(13-11-19)28-34(32)26-9-5-4-8-25(26)20-6-2-1-3-7-20/h1-13,17-18,28H,14-16H2,(H,30,31). The van der Waals surface area contributed by atoms with Crippen LogP contribution in [-0.4, -0.2) is 21.1 Å². The molecule has 0 amide bonds. The summed E-state index contributed by atoms with van der Waals surface area (Å²) in [5.74, 6) is -0.558. The second-order valence-electron chi connectivity index (χ2n) is 7.75. The molecule has 2 N–H and O–H groups in total. The molecule has 0 saturated heterocycles. The summed E-state index contributed by atoms with van der Waals surface area (Å²) in [7, 11) is -1.46. The van der Waals surface area contributed by atoms with Crippen LogP contribution in [0.25, 0.3) is 11.1 Å². The summed E-state index contributed by atoms with van der Waals surface area (Å²) in [5.41, 5.74) is 3.51. The maximum absolute atomic E-state index is 13.0. The number of carboxylic acid groups (broad SMARTS) is 1. The lowest BCUT2D eigenvalue weighted by Crippen LogP contribution is -2.07. The van der Waals surface area contributed by atoms with Gasteiger partial charge in [0.05, 0.1) is 10.5 Å². The Balaban J connectivity index is 1.34. The maximum Gasteiger partial charge on any atom is 0.338 e. The van der Waals surface area contributed by atoms with Gasteiger partial charge in [0.25, 0.3) is 0 Å². The van der Waals surface area contributed by atoms with Gasteiger partial charge in [-0.2, -0.15) is 0 Å². The lowest BCUT2D eigenvalue weighted by atomic mass is 10.0. The largest absolute Gasteiger partial charge is 0.478 e. The van der Waals surface area contributed by atoms with Crippen LogP contribution in [0.5, 0.6) is 0 Å². The molecular weight excluding hydrogens is 450 g/mol. The second kappa shape index (κ2) is 10.8. The van der Waals surface area contributed by atoms with Crippen LogP contribution in [0.4, 0.5) is 5.69 Å². The minimum Gasteiger partial charge on any atom is -0.478 e. The SMILES string of the molecule is O=C(CCc1cc(C(=O)O)co1)Cc1ccc(NS(=O)c2ccccc2-c2ccccc2)cc1. The highest BCUT2D eigenvalue weighted by atomic mass is 32.2. The Hall–Kier alpha value is -3.97. The van der Waals surface area contributed by atoms with Crippen molar-refractivity contribution < 1.29 is 23.3 Å². The van der Waals surface area contributed by atoms with E-state index < -0.39 is 17.0 Å². The quantitative estimate of drug-likeness (QED) is 0.316. The van der Waals surface area contributed by atoms with E-state index in [9.17, 15) is 13.8 Å². The number of Topliss-reactive ketones (excluding diaryl/α,β-unsaturated/α-hetero) is 1. The number of carbonyl (C=O) groups excluding carboxylic acids is 1. The molecule has 0 saturated carbocycles. The number of hydrogen-bond donors (Lipinski definition) is 2. The molecule has 34 heavy (non-hydrogen) atoms. The number of nitrogens with one attached hydrogen (secondary N) is 1. The summed E-state index contributed by atoms with van der Waals surface area (Å²) in [6.45, 7) is 0. The van der Waals surface area contributed by atoms with Gasteiger partial charge in [0.1, 0.15) is 17.8 Å². The monoisotopic (exact) mass is 473 g/mol. The second-order valence-corrected chi connectivity index (χ2v) is 8.93. The zero-order valence-corrected chi connectivity index (χ0v) is 19.1. The zero-order valence-electron chi connectivity index (χ0n) is 18.3. The highest BCUT2D eigenvalue weighted by Gasteiger charge is 2.13. The van der Waals surface area contributed by atoms with E-state index in [-0.39, 0.29) is 24.2 Å². The van der Waals surface area contributed by atoms with Gasteiger partial charge in [-0.15, -0.1) is 0 Å². The fraction of sp³-hybridized carbons (Fsp3) is 0.111. The fourth-order valence-corrected chi connectivity index (χ4v) is 4.59. The van der Waals surface area contributed by atoms with Crippen LogP contribution in [-0.2, 0) is 28.6 Å². The summed E-state index contributed by atoms with van der Waals surface area (Å²) in [4.78, 5) is 23.9. The minimum atomic E-state index is -1.46. The number of rotatable bonds is 10. The predicted octanol–water partition coefficient (Wildman–Crippen LogP) is 5.52. The normalized spacial score (nSPS) is 11.6. The molecule has 1 aromatic heterocycles. The summed E-state index contributed by atoms with van der Waals surface area (Å²) in [6.07, 6.45) is 2.04. The van der Waals surface area contributed by atoms with Crippen molar-refractivity contribution in [3.8, 4) is 11.1 Å². The maximum atomic E-state index is 13.0. The third-order valence-corrected chi connectivity index (χ3v) is 6.46. The Morgan fingerprint density at radius 2 is 1.62 bits per heavy atom. The highest BCUT2D eigenvalue weighted by Crippen LogP contribution is 2.27. The van der Waals surface area contributed by atoms with E-state index >= 15 is 0 Å². The van der Waals surface area contributed by atoms with Crippen LogP contribution in [0.2, 0.25) is 0 Å². The first-order chi connectivity index (χ1) is 16.5. The van der Waals surface area contributed by atoms with E-state index in [0.29, 0.717) is 22.8 Å². The van der Waals surface area contributed by atoms with Gasteiger partial charge >= 0.3 is 5.97 Å². The molecule has 0 aliphatic rings. The number of hydrogen-bond acceptors (Lipinski definition) is 4. The number of aryl methyl sites for hydroxylation is 1. The number of carboxylic acids is 1. The highest BCUT2D eigenvalue weighted by molar-refractivity contribution is 7.86. The number of furan rings is 1. The molecular formula is C27H23NO5S. The van der Waals surface area contributed by atoms with E-state index in [0.717, 1.165) is 16.7 Å². The Bertz CT molecular complexity index is 1310. The molecule has 4 rings (SSSR count). The smallest absolute Gasteiger partial charge is 0.338 e. The molecule has 0 fully saturated rings. The summed E-state index contributed by atoms with van der Waals surface area (Å²) < 4.78 is 21.3. The predicted molar refractivity (Wildman–Crippen MR) is 131 cm³/mol. The van der Waals surface area contributed by atoms with Crippen LogP contribution in [0.1, 0.15) is 28.1 Å². The third kappa shape index (κ3) is 5.88. The van der Waals surface area contributed by atoms with Crippen LogP contribution in [0.15, 0.2) is 101 Å². The molecule has 0 bridgehead atoms. The molecule has 1 heterocycles. The average molecular weight is 474 g/mol. The van der Waals surface area contributed by atoms with Gasteiger partial charge in [0.15, 0.2) is 11.0 Å². The van der Waals surface area contributed by atoms with Crippen molar-refractivity contribution in [3.63, 3.8) is 0 Å². The number of aromatic carboxylic acids is 1. The van der Waals surface area contributed by atoms with Crippen molar-refractivity contribution in [3.05, 3.63) is 108 Å². The number of benzene rings is 3. The average Bonchev–Trinajstić information content (AvgIpc) is 3.34. The van der Waals surface area contributed by atoms with Crippen LogP contribution in [0, 0.1) is 0 Å². The van der Waals surface area contributed by atoms with Gasteiger partial charge in [-0.25, -0.2) is 9.00 Å². The number of carbonyl (C=O) groups is 2. The molecule has 1 unspecified atom stereocenters. The lowest BCUT2D eigenvalue weighted by Gasteiger charge is -2.11. The number of anilines is 1. The van der Waals surface area contributed by atoms with Crippen molar-refractivity contribution in [2.75, 3.05) is 4.72 Å². The summed E-state index contributed by atoms with van der Waals surface area (Å²) in [6, 6.07) is 26.1. The first kappa shape index (κ1) is 23.2. The van der Waals surface area contributed by atoms with E-state index in [4.69, 9.17) is 9.52 Å². The van der Waals surface area contributed by atoms with Crippen molar-refractivity contribution in [2.24, 2.45) is 0 Å². The first-order valence-electron chi connectivity index (χ1n) is 10.7. The van der Waals surface area contributed by atoms with Crippen molar-refractivity contribution in [1.82, 2.24) is 0 Å². The minimum absolute atomic E-state index is 0.0225. The van der Waals surface area contributed by atoms with Crippen LogP contribution >= 0.6 is 0 Å². The van der Waals surface area contributed by atoms with E-state index in [1.54, 1.807) is 12.1 Å². The van der Waals surface area contributed by atoms with E-state index in [1.807, 2.05) is 66.7 Å². The summed E-state index contributed by atoms with van der Waals surface area (Å²) >= 11 is 0. The molecule has 0 aliphatic carbocycles. The van der Waals surface area contributed by atoms with Gasteiger partial charge in [-0.05, 0) is 41.0 Å². The molecule has 4 aromatic rings. The zero-order chi connectivity index (χ0) is 23.9. The molecule has 1 atom stereocenters. The molecule has 7 heteroatoms. The van der Waals surface area contributed by atoms with E-state index in [2.05, 4.69) is 4.72 Å². The molecule has 3 aromatic carbocycles. The van der Waals surface area contributed by atoms with Crippen LogP contribution < -0.4 is 4.72 Å². The Kier molecular flexibility index (Phi) is 7.34. The third-order valence-electron chi connectivity index (χ3n) is 5.29. The van der Waals surface area contributed by atoms with Gasteiger partial charge in [-0.1, -0.05) is 60.7 Å². The molecule has 0 aliphatic heterocycles. The lowest BCUT2D eigenvalue weighted by molar-refractivity contribution is -0.118. The Morgan fingerprint density at radius 3 is 2.32 bits per heavy atom. The van der Waals surface area contributed by atoms with Crippen molar-refractivity contribution >= 4 is 28.4 Å².